The third-order valence-corrected chi connectivity index (χ3v) is 4.14. The summed E-state index contributed by atoms with van der Waals surface area (Å²) in [4.78, 5) is 15.6. The van der Waals surface area contributed by atoms with Crippen LogP contribution in [-0.4, -0.2) is 51.6 Å². The second-order valence-corrected chi connectivity index (χ2v) is 6.15. The Morgan fingerprint density at radius 1 is 1.27 bits per heavy atom. The zero-order chi connectivity index (χ0) is 16.5. The normalized spacial score (nSPS) is 14.9. The number of ether oxygens (including phenoxy) is 4. The molecule has 1 aromatic rings. The number of nitrogens with zero attached hydrogens (tertiary/aromatic N) is 1. The van der Waals surface area contributed by atoms with E-state index in [1.54, 1.807) is 13.2 Å². The Hall–Kier alpha value is -1.22. The first-order valence-corrected chi connectivity index (χ1v) is 7.91. The van der Waals surface area contributed by atoms with Crippen LogP contribution in [0.15, 0.2) is 27.2 Å². The number of methoxy groups -OCH3 is 4. The minimum Gasteiger partial charge on any atom is -0.498 e. The molecule has 1 rings (SSSR count). The van der Waals surface area contributed by atoms with Crippen LogP contribution in [0.25, 0.3) is 6.08 Å². The lowest BCUT2D eigenvalue weighted by molar-refractivity contribution is -0.135. The molecule has 0 N–H and O–H groups in total. The molecule has 1 heterocycles. The van der Waals surface area contributed by atoms with E-state index in [1.165, 1.54) is 38.7 Å². The van der Waals surface area contributed by atoms with E-state index >= 15 is 0 Å². The summed E-state index contributed by atoms with van der Waals surface area (Å²) >= 11 is 4.79. The topological polar surface area (TPSA) is 66.9 Å². The fourth-order valence-electron chi connectivity index (χ4n) is 1.68. The molecule has 0 amide bonds. The fourth-order valence-corrected chi connectivity index (χ4v) is 2.67. The number of carbonyl (C=O) groups is 1. The first kappa shape index (κ1) is 18.8. The summed E-state index contributed by atoms with van der Waals surface area (Å²) in [5, 5.41) is 1.90. The van der Waals surface area contributed by atoms with Crippen LogP contribution in [-0.2, 0) is 23.7 Å². The van der Waals surface area contributed by atoms with Crippen LogP contribution in [0.2, 0.25) is 0 Å². The van der Waals surface area contributed by atoms with Gasteiger partial charge in [-0.2, -0.15) is 0 Å². The highest BCUT2D eigenvalue weighted by atomic mass is 79.9. The molecule has 0 bridgehead atoms. The second-order valence-electron chi connectivity index (χ2n) is 4.02. The molecular weight excluding hydrogens is 374 g/mol. The summed E-state index contributed by atoms with van der Waals surface area (Å²) in [7, 11) is 5.80. The van der Waals surface area contributed by atoms with Crippen LogP contribution in [0.1, 0.15) is 5.69 Å². The van der Waals surface area contributed by atoms with Gasteiger partial charge in [0.05, 0.1) is 26.0 Å². The second kappa shape index (κ2) is 9.73. The summed E-state index contributed by atoms with van der Waals surface area (Å²) in [5.41, 5.74) is 0.796. The first-order chi connectivity index (χ1) is 10.5. The molecule has 8 heteroatoms. The van der Waals surface area contributed by atoms with Gasteiger partial charge in [0.25, 0.3) is 0 Å². The van der Waals surface area contributed by atoms with Crippen molar-refractivity contribution in [1.29, 1.82) is 0 Å². The van der Waals surface area contributed by atoms with Crippen molar-refractivity contribution < 1.29 is 23.7 Å². The Morgan fingerprint density at radius 2 is 2.00 bits per heavy atom. The maximum Gasteiger partial charge on any atom is 0.333 e. The molecule has 0 aliphatic carbocycles. The van der Waals surface area contributed by atoms with Gasteiger partial charge in [-0.25, -0.2) is 9.78 Å². The Labute approximate surface area is 141 Å². The lowest BCUT2D eigenvalue weighted by atomic mass is 10.1. The molecule has 0 saturated carbocycles. The van der Waals surface area contributed by atoms with Gasteiger partial charge >= 0.3 is 5.97 Å². The van der Waals surface area contributed by atoms with Crippen LogP contribution in [0.3, 0.4) is 0 Å². The van der Waals surface area contributed by atoms with Crippen LogP contribution < -0.4 is 0 Å². The highest BCUT2D eigenvalue weighted by Crippen LogP contribution is 2.19. The largest absolute Gasteiger partial charge is 0.498 e. The predicted molar refractivity (Wildman–Crippen MR) is 87.6 cm³/mol. The van der Waals surface area contributed by atoms with Crippen molar-refractivity contribution in [3.05, 3.63) is 32.9 Å². The van der Waals surface area contributed by atoms with Crippen LogP contribution >= 0.6 is 27.3 Å². The summed E-state index contributed by atoms with van der Waals surface area (Å²) in [6.07, 6.45) is 3.79. The van der Waals surface area contributed by atoms with Crippen molar-refractivity contribution in [2.24, 2.45) is 0 Å². The maximum absolute atomic E-state index is 11.4. The van der Waals surface area contributed by atoms with Gasteiger partial charge in [-0.05, 0) is 22.0 Å². The van der Waals surface area contributed by atoms with Gasteiger partial charge < -0.3 is 18.9 Å². The van der Waals surface area contributed by atoms with Gasteiger partial charge in [-0.1, -0.05) is 6.08 Å². The van der Waals surface area contributed by atoms with Crippen LogP contribution in [0.5, 0.6) is 0 Å². The van der Waals surface area contributed by atoms with Gasteiger partial charge in [-0.3, -0.25) is 0 Å². The zero-order valence-electron chi connectivity index (χ0n) is 12.7. The number of hydrogen-bond donors (Lipinski definition) is 0. The molecule has 0 aromatic carbocycles. The van der Waals surface area contributed by atoms with Crippen molar-refractivity contribution in [2.75, 3.05) is 28.4 Å². The molecule has 122 valence electrons. The highest BCUT2D eigenvalue weighted by Gasteiger charge is 2.25. The molecule has 6 nitrogen and oxygen atoms in total. The summed E-state index contributed by atoms with van der Waals surface area (Å²) in [5.74, 6) is -0.216. The molecule has 0 saturated heterocycles. The minimum absolute atomic E-state index is 0.310. The molecule has 22 heavy (non-hydrogen) atoms. The number of halogens is 1. The van der Waals surface area contributed by atoms with Crippen molar-refractivity contribution in [2.45, 2.75) is 12.2 Å². The predicted octanol–water partition coefficient (Wildman–Crippen LogP) is 2.65. The first-order valence-electron chi connectivity index (χ1n) is 6.24. The van der Waals surface area contributed by atoms with Gasteiger partial charge in [0.1, 0.15) is 18.0 Å². The van der Waals surface area contributed by atoms with E-state index in [0.717, 1.165) is 9.61 Å². The maximum atomic E-state index is 11.4. The lowest BCUT2D eigenvalue weighted by Crippen LogP contribution is -2.31. The number of aromatic nitrogens is 1. The Morgan fingerprint density at radius 3 is 2.45 bits per heavy atom. The number of esters is 1. The zero-order valence-corrected chi connectivity index (χ0v) is 15.1. The minimum atomic E-state index is -0.590. The molecule has 0 aliphatic rings. The Bertz CT molecular complexity index is 543. The average Bonchev–Trinajstić information content (AvgIpc) is 2.94. The van der Waals surface area contributed by atoms with E-state index < -0.39 is 18.2 Å². The molecule has 0 unspecified atom stereocenters. The van der Waals surface area contributed by atoms with Crippen molar-refractivity contribution >= 4 is 39.3 Å². The summed E-state index contributed by atoms with van der Waals surface area (Å²) in [6, 6.07) is 0. The SMILES string of the molecule is COC(=O)/C=C(/OC)[C@@H](OC)[C@@H](/C=C/c1csc(Br)n1)OC. The smallest absolute Gasteiger partial charge is 0.333 e. The van der Waals surface area contributed by atoms with E-state index in [4.69, 9.17) is 14.2 Å². The lowest BCUT2D eigenvalue weighted by Gasteiger charge is -2.23. The number of rotatable bonds is 8. The van der Waals surface area contributed by atoms with Gasteiger partial charge in [-0.15, -0.1) is 11.3 Å². The quantitative estimate of drug-likeness (QED) is 0.385. The van der Waals surface area contributed by atoms with Crippen molar-refractivity contribution in [3.63, 3.8) is 0 Å². The molecular formula is C14H18BrNO5S. The summed E-state index contributed by atoms with van der Waals surface area (Å²) < 4.78 is 21.4. The summed E-state index contributed by atoms with van der Waals surface area (Å²) in [6.45, 7) is 0. The van der Waals surface area contributed by atoms with Gasteiger partial charge in [0, 0.05) is 19.6 Å². The van der Waals surface area contributed by atoms with Crippen LogP contribution in [0.4, 0.5) is 0 Å². The Balaban J connectivity index is 2.94. The van der Waals surface area contributed by atoms with E-state index in [9.17, 15) is 4.79 Å². The fraction of sp³-hybridized carbons (Fsp3) is 0.429. The van der Waals surface area contributed by atoms with E-state index in [1.807, 2.05) is 11.5 Å². The Kier molecular flexibility index (Phi) is 8.32. The third kappa shape index (κ3) is 5.53. The highest BCUT2D eigenvalue weighted by molar-refractivity contribution is 9.11. The molecule has 1 aromatic heterocycles. The molecule has 0 fully saturated rings. The molecule has 0 spiro atoms. The molecule has 0 aliphatic heterocycles. The standard InChI is InChI=1S/C14H18BrNO5S/c1-18-10(6-5-9-8-22-14(15)16-9)13(21-4)11(19-2)7-12(17)20-3/h5-8,10,13H,1-4H3/b6-5+,11-7+/t10-,13+/m1/s1. The monoisotopic (exact) mass is 391 g/mol. The average molecular weight is 392 g/mol. The molecule has 0 radical (unpaired) electrons. The number of hydrogen-bond acceptors (Lipinski definition) is 7. The van der Waals surface area contributed by atoms with Crippen molar-refractivity contribution in [3.8, 4) is 0 Å². The third-order valence-electron chi connectivity index (χ3n) is 2.75. The van der Waals surface area contributed by atoms with Crippen molar-refractivity contribution in [1.82, 2.24) is 4.98 Å². The van der Waals surface area contributed by atoms with E-state index in [-0.39, 0.29) is 0 Å². The molecule has 2 atom stereocenters. The number of carbonyl (C=O) groups excluding carboxylic acids is 1. The van der Waals surface area contributed by atoms with Gasteiger partial charge in [0.15, 0.2) is 3.92 Å². The van der Waals surface area contributed by atoms with Crippen LogP contribution in [0, 0.1) is 0 Å². The van der Waals surface area contributed by atoms with E-state index in [2.05, 4.69) is 25.7 Å². The van der Waals surface area contributed by atoms with E-state index in [0.29, 0.717) is 5.76 Å². The number of thiazole rings is 1. The van der Waals surface area contributed by atoms with Gasteiger partial charge in [0.2, 0.25) is 0 Å².